The van der Waals surface area contributed by atoms with Gasteiger partial charge < -0.3 is 21.1 Å². The molecule has 2 rings (SSSR count). The molecule has 1 aromatic rings. The molecule has 98 valence electrons. The Kier molecular flexibility index (Phi) is 4.11. The van der Waals surface area contributed by atoms with E-state index in [0.717, 1.165) is 5.56 Å². The molecule has 2 atom stereocenters. The van der Waals surface area contributed by atoms with Crippen molar-refractivity contribution in [1.29, 1.82) is 0 Å². The molecule has 0 spiro atoms. The summed E-state index contributed by atoms with van der Waals surface area (Å²) in [6.07, 6.45) is -0.0134. The van der Waals surface area contributed by atoms with Crippen molar-refractivity contribution in [3.8, 4) is 0 Å². The summed E-state index contributed by atoms with van der Waals surface area (Å²) < 4.78 is 11.7. The standard InChI is InChI=1S/C12H17N3O2S/c1-12(9-5-3-2-4-6-9)16-7-10(17-12)8-18-11(13)15-14/h2-6,10H,7-8,14H2,1H3,(H2,13,15). The topological polar surface area (TPSA) is 82.9 Å². The molecule has 0 bridgehead atoms. The maximum Gasteiger partial charge on any atom is 0.192 e. The van der Waals surface area contributed by atoms with Gasteiger partial charge in [0.05, 0.1) is 12.7 Å². The lowest BCUT2D eigenvalue weighted by molar-refractivity contribution is -0.159. The number of benzene rings is 1. The van der Waals surface area contributed by atoms with Crippen molar-refractivity contribution < 1.29 is 9.47 Å². The molecule has 1 saturated heterocycles. The van der Waals surface area contributed by atoms with Gasteiger partial charge in [0.15, 0.2) is 11.0 Å². The quantitative estimate of drug-likeness (QED) is 0.372. The highest BCUT2D eigenvalue weighted by atomic mass is 32.2. The van der Waals surface area contributed by atoms with Crippen LogP contribution in [0.4, 0.5) is 0 Å². The smallest absolute Gasteiger partial charge is 0.192 e. The van der Waals surface area contributed by atoms with Gasteiger partial charge in [0.1, 0.15) is 0 Å². The van der Waals surface area contributed by atoms with Gasteiger partial charge >= 0.3 is 0 Å². The Labute approximate surface area is 111 Å². The number of rotatable bonds is 3. The van der Waals surface area contributed by atoms with Gasteiger partial charge in [-0.15, -0.1) is 0 Å². The van der Waals surface area contributed by atoms with E-state index < -0.39 is 5.79 Å². The molecule has 1 aliphatic rings. The van der Waals surface area contributed by atoms with E-state index in [2.05, 4.69) is 5.10 Å². The van der Waals surface area contributed by atoms with Gasteiger partial charge in [-0.1, -0.05) is 42.1 Å². The number of nitrogens with two attached hydrogens (primary N) is 2. The van der Waals surface area contributed by atoms with Crippen LogP contribution in [0.1, 0.15) is 12.5 Å². The summed E-state index contributed by atoms with van der Waals surface area (Å²) in [6.45, 7) is 2.46. The Morgan fingerprint density at radius 3 is 2.89 bits per heavy atom. The number of thioether (sulfide) groups is 1. The third-order valence-corrected chi connectivity index (χ3v) is 3.72. The monoisotopic (exact) mass is 267 g/mol. The number of hydrogen-bond acceptors (Lipinski definition) is 5. The highest BCUT2D eigenvalue weighted by Gasteiger charge is 2.38. The molecule has 0 amide bonds. The predicted molar refractivity (Wildman–Crippen MR) is 72.9 cm³/mol. The largest absolute Gasteiger partial charge is 0.377 e. The molecular weight excluding hydrogens is 250 g/mol. The van der Waals surface area contributed by atoms with Gasteiger partial charge in [0, 0.05) is 11.3 Å². The van der Waals surface area contributed by atoms with E-state index in [-0.39, 0.29) is 6.10 Å². The molecule has 0 aliphatic carbocycles. The molecule has 1 heterocycles. The Hall–Kier alpha value is -1.24. The minimum atomic E-state index is -0.679. The summed E-state index contributed by atoms with van der Waals surface area (Å²) in [6, 6.07) is 9.88. The number of amidine groups is 1. The van der Waals surface area contributed by atoms with Crippen LogP contribution in [0.3, 0.4) is 0 Å². The molecule has 6 heteroatoms. The normalized spacial score (nSPS) is 28.5. The van der Waals surface area contributed by atoms with Crippen molar-refractivity contribution in [3.05, 3.63) is 35.9 Å². The van der Waals surface area contributed by atoms with Crippen LogP contribution < -0.4 is 11.6 Å². The molecule has 1 aliphatic heterocycles. The molecule has 2 unspecified atom stereocenters. The third-order valence-electron chi connectivity index (χ3n) is 2.78. The number of ether oxygens (including phenoxy) is 2. The van der Waals surface area contributed by atoms with Gasteiger partial charge in [-0.05, 0) is 6.92 Å². The Bertz CT molecular complexity index is 427. The van der Waals surface area contributed by atoms with Crippen molar-refractivity contribution in [2.45, 2.75) is 18.8 Å². The van der Waals surface area contributed by atoms with Crippen LogP contribution in [0.2, 0.25) is 0 Å². The van der Waals surface area contributed by atoms with Gasteiger partial charge in [0.25, 0.3) is 0 Å². The number of hydrazone groups is 1. The first kappa shape index (κ1) is 13.2. The SMILES string of the molecule is CC1(c2ccccc2)OCC(CSC(N)=NN)O1. The average Bonchev–Trinajstić information content (AvgIpc) is 2.80. The molecule has 5 nitrogen and oxygen atoms in total. The first-order valence-electron chi connectivity index (χ1n) is 5.67. The fourth-order valence-corrected chi connectivity index (χ4v) is 2.42. The van der Waals surface area contributed by atoms with Crippen LogP contribution in [-0.2, 0) is 15.3 Å². The van der Waals surface area contributed by atoms with Crippen LogP contribution in [0, 0.1) is 0 Å². The third kappa shape index (κ3) is 2.95. The lowest BCUT2D eigenvalue weighted by Crippen LogP contribution is -2.25. The Morgan fingerprint density at radius 2 is 2.22 bits per heavy atom. The van der Waals surface area contributed by atoms with Gasteiger partial charge in [-0.2, -0.15) is 5.10 Å². The second-order valence-corrected chi connectivity index (χ2v) is 5.18. The summed E-state index contributed by atoms with van der Waals surface area (Å²) >= 11 is 1.37. The lowest BCUT2D eigenvalue weighted by atomic mass is 10.1. The zero-order chi connectivity index (χ0) is 13.0. The highest BCUT2D eigenvalue weighted by Crippen LogP contribution is 2.34. The Balaban J connectivity index is 1.95. The van der Waals surface area contributed by atoms with Crippen molar-refractivity contribution in [1.82, 2.24) is 0 Å². The molecule has 1 aromatic carbocycles. The fraction of sp³-hybridized carbons (Fsp3) is 0.417. The number of hydrogen-bond donors (Lipinski definition) is 2. The Morgan fingerprint density at radius 1 is 1.50 bits per heavy atom. The van der Waals surface area contributed by atoms with Crippen LogP contribution in [-0.4, -0.2) is 23.6 Å². The van der Waals surface area contributed by atoms with Crippen LogP contribution >= 0.6 is 11.8 Å². The second kappa shape index (κ2) is 5.60. The van der Waals surface area contributed by atoms with Crippen LogP contribution in [0.25, 0.3) is 0 Å². The van der Waals surface area contributed by atoms with Gasteiger partial charge in [-0.3, -0.25) is 0 Å². The van der Waals surface area contributed by atoms with E-state index in [1.54, 1.807) is 0 Å². The fourth-order valence-electron chi connectivity index (χ4n) is 1.83. The molecule has 4 N–H and O–H groups in total. The maximum atomic E-state index is 5.94. The number of nitrogens with zero attached hydrogens (tertiary/aromatic N) is 1. The summed E-state index contributed by atoms with van der Waals surface area (Å²) in [5, 5.41) is 3.76. The summed E-state index contributed by atoms with van der Waals surface area (Å²) in [5.41, 5.74) is 6.53. The first-order valence-corrected chi connectivity index (χ1v) is 6.66. The summed E-state index contributed by atoms with van der Waals surface area (Å²) in [5.74, 6) is 5.07. The van der Waals surface area contributed by atoms with E-state index in [1.165, 1.54) is 11.8 Å². The molecule has 18 heavy (non-hydrogen) atoms. The van der Waals surface area contributed by atoms with Gasteiger partial charge in [0.2, 0.25) is 0 Å². The minimum Gasteiger partial charge on any atom is -0.377 e. The van der Waals surface area contributed by atoms with E-state index in [4.69, 9.17) is 21.1 Å². The van der Waals surface area contributed by atoms with E-state index in [0.29, 0.717) is 17.5 Å². The summed E-state index contributed by atoms with van der Waals surface area (Å²) in [4.78, 5) is 0. The van der Waals surface area contributed by atoms with Crippen LogP contribution in [0.5, 0.6) is 0 Å². The second-order valence-electron chi connectivity index (χ2n) is 4.14. The van der Waals surface area contributed by atoms with Crippen molar-refractivity contribution in [2.75, 3.05) is 12.4 Å². The van der Waals surface area contributed by atoms with E-state index >= 15 is 0 Å². The molecule has 0 saturated carbocycles. The maximum absolute atomic E-state index is 5.94. The zero-order valence-corrected chi connectivity index (χ0v) is 11.0. The predicted octanol–water partition coefficient (Wildman–Crippen LogP) is 1.20. The van der Waals surface area contributed by atoms with E-state index in [1.807, 2.05) is 37.3 Å². The minimum absolute atomic E-state index is 0.0134. The van der Waals surface area contributed by atoms with Crippen molar-refractivity contribution >= 4 is 16.9 Å². The van der Waals surface area contributed by atoms with Crippen molar-refractivity contribution in [3.63, 3.8) is 0 Å². The van der Waals surface area contributed by atoms with E-state index in [9.17, 15) is 0 Å². The van der Waals surface area contributed by atoms with Crippen LogP contribution in [0.15, 0.2) is 35.4 Å². The summed E-state index contributed by atoms with van der Waals surface area (Å²) in [7, 11) is 0. The lowest BCUT2D eigenvalue weighted by Gasteiger charge is -2.23. The average molecular weight is 267 g/mol. The van der Waals surface area contributed by atoms with Gasteiger partial charge in [-0.25, -0.2) is 0 Å². The molecular formula is C12H17N3O2S. The molecule has 0 radical (unpaired) electrons. The zero-order valence-electron chi connectivity index (χ0n) is 10.2. The highest BCUT2D eigenvalue weighted by molar-refractivity contribution is 8.13. The molecule has 1 fully saturated rings. The molecule has 0 aromatic heterocycles. The van der Waals surface area contributed by atoms with Crippen molar-refractivity contribution in [2.24, 2.45) is 16.7 Å². The first-order chi connectivity index (χ1) is 8.64.